The summed E-state index contributed by atoms with van der Waals surface area (Å²) < 4.78 is 0. The van der Waals surface area contributed by atoms with Crippen molar-refractivity contribution in [2.45, 2.75) is 56.5 Å². The lowest BCUT2D eigenvalue weighted by atomic mass is 9.77. The van der Waals surface area contributed by atoms with Gasteiger partial charge in [-0.2, -0.15) is 0 Å². The van der Waals surface area contributed by atoms with E-state index in [9.17, 15) is 9.90 Å². The Hall–Kier alpha value is -0.610. The van der Waals surface area contributed by atoms with Crippen molar-refractivity contribution < 1.29 is 9.90 Å². The number of nitrogens with one attached hydrogen (secondary N) is 1. The Bertz CT molecular complexity index is 328. The standard InChI is InChI=1S/C14H24N2O2/c17-13(18)14(15-12-4-2-1-3-5-12)7-9-16-8-6-11(14)10-16/h11-12,15H,1-10H2,(H,17,18). The third-order valence-corrected chi connectivity index (χ3v) is 5.24. The molecular weight excluding hydrogens is 228 g/mol. The Morgan fingerprint density at radius 2 is 1.94 bits per heavy atom. The Morgan fingerprint density at radius 1 is 1.17 bits per heavy atom. The molecule has 3 fully saturated rings. The van der Waals surface area contributed by atoms with Crippen LogP contribution in [0.4, 0.5) is 0 Å². The maximum Gasteiger partial charge on any atom is 0.324 e. The summed E-state index contributed by atoms with van der Waals surface area (Å²) in [6, 6.07) is 0.432. The molecular formula is C14H24N2O2. The smallest absolute Gasteiger partial charge is 0.324 e. The van der Waals surface area contributed by atoms with Crippen molar-refractivity contribution in [1.82, 2.24) is 10.2 Å². The van der Waals surface area contributed by atoms with Gasteiger partial charge in [-0.3, -0.25) is 10.1 Å². The maximum atomic E-state index is 11.9. The molecule has 2 aliphatic heterocycles. The lowest BCUT2D eigenvalue weighted by molar-refractivity contribution is -0.149. The topological polar surface area (TPSA) is 52.6 Å². The molecule has 3 aliphatic rings. The third kappa shape index (κ3) is 2.05. The van der Waals surface area contributed by atoms with E-state index in [0.29, 0.717) is 12.0 Å². The van der Waals surface area contributed by atoms with E-state index in [0.717, 1.165) is 45.3 Å². The van der Waals surface area contributed by atoms with Crippen molar-refractivity contribution in [3.05, 3.63) is 0 Å². The molecule has 1 aliphatic carbocycles. The quantitative estimate of drug-likeness (QED) is 0.798. The van der Waals surface area contributed by atoms with Crippen LogP contribution in [0.25, 0.3) is 0 Å². The second-order valence-corrected chi connectivity index (χ2v) is 6.29. The number of aliphatic carboxylic acids is 1. The first kappa shape index (κ1) is 12.4. The molecule has 4 heteroatoms. The lowest BCUT2D eigenvalue weighted by Crippen LogP contribution is -2.64. The Kier molecular flexibility index (Phi) is 3.32. The van der Waals surface area contributed by atoms with Crippen LogP contribution in [0.3, 0.4) is 0 Å². The van der Waals surface area contributed by atoms with Gasteiger partial charge in [0.05, 0.1) is 0 Å². The summed E-state index contributed by atoms with van der Waals surface area (Å²) in [4.78, 5) is 14.3. The first-order valence-electron chi connectivity index (χ1n) is 7.44. The summed E-state index contributed by atoms with van der Waals surface area (Å²) in [6.45, 7) is 3.01. The zero-order chi connectivity index (χ0) is 12.6. The Balaban J connectivity index is 1.75. The highest BCUT2D eigenvalue weighted by Gasteiger charge is 2.52. The molecule has 0 radical (unpaired) electrons. The number of hydrogen-bond acceptors (Lipinski definition) is 3. The number of piperidine rings is 1. The van der Waals surface area contributed by atoms with E-state index in [1.165, 1.54) is 19.3 Å². The van der Waals surface area contributed by atoms with Gasteiger partial charge in [-0.1, -0.05) is 19.3 Å². The molecule has 1 saturated carbocycles. The number of carboxylic acid groups (broad SMARTS) is 1. The second-order valence-electron chi connectivity index (χ2n) is 6.29. The van der Waals surface area contributed by atoms with Crippen molar-refractivity contribution in [2.24, 2.45) is 5.92 Å². The average molecular weight is 252 g/mol. The van der Waals surface area contributed by atoms with Crippen LogP contribution < -0.4 is 5.32 Å². The van der Waals surface area contributed by atoms with E-state index in [4.69, 9.17) is 0 Å². The van der Waals surface area contributed by atoms with Gasteiger partial charge in [0, 0.05) is 25.0 Å². The second kappa shape index (κ2) is 4.82. The minimum Gasteiger partial charge on any atom is -0.480 e. The van der Waals surface area contributed by atoms with Crippen LogP contribution in [0.1, 0.15) is 44.9 Å². The van der Waals surface area contributed by atoms with Crippen molar-refractivity contribution in [2.75, 3.05) is 19.6 Å². The van der Waals surface area contributed by atoms with Gasteiger partial charge in [0.2, 0.25) is 0 Å². The largest absolute Gasteiger partial charge is 0.480 e. The van der Waals surface area contributed by atoms with Gasteiger partial charge in [0.15, 0.2) is 0 Å². The summed E-state index contributed by atoms with van der Waals surface area (Å²) in [5.74, 6) is -0.301. The fraction of sp³-hybridized carbons (Fsp3) is 0.929. The molecule has 102 valence electrons. The van der Waals surface area contributed by atoms with Gasteiger partial charge in [-0.15, -0.1) is 0 Å². The van der Waals surface area contributed by atoms with Crippen LogP contribution in [0, 0.1) is 5.92 Å². The van der Waals surface area contributed by atoms with Gasteiger partial charge < -0.3 is 10.0 Å². The monoisotopic (exact) mass is 252 g/mol. The van der Waals surface area contributed by atoms with Gasteiger partial charge in [0.1, 0.15) is 5.54 Å². The van der Waals surface area contributed by atoms with Gasteiger partial charge >= 0.3 is 5.97 Å². The molecule has 2 N–H and O–H groups in total. The minimum absolute atomic E-state index is 0.311. The molecule has 0 aromatic carbocycles. The molecule has 3 rings (SSSR count). The maximum absolute atomic E-state index is 11.9. The van der Waals surface area contributed by atoms with E-state index in [1.54, 1.807) is 0 Å². The lowest BCUT2D eigenvalue weighted by Gasteiger charge is -2.43. The highest BCUT2D eigenvalue weighted by molar-refractivity contribution is 5.79. The summed E-state index contributed by atoms with van der Waals surface area (Å²) in [5.41, 5.74) is -0.630. The molecule has 2 saturated heterocycles. The first-order valence-corrected chi connectivity index (χ1v) is 7.44. The van der Waals surface area contributed by atoms with Crippen molar-refractivity contribution in [1.29, 1.82) is 0 Å². The molecule has 4 nitrogen and oxygen atoms in total. The summed E-state index contributed by atoms with van der Waals surface area (Å²) >= 11 is 0. The van der Waals surface area contributed by atoms with Crippen LogP contribution in [-0.4, -0.2) is 47.2 Å². The van der Waals surface area contributed by atoms with E-state index in [-0.39, 0.29) is 0 Å². The number of carbonyl (C=O) groups is 1. The van der Waals surface area contributed by atoms with Crippen LogP contribution in [0.5, 0.6) is 0 Å². The average Bonchev–Trinajstić information content (AvgIpc) is 2.78. The predicted octanol–water partition coefficient (Wildman–Crippen LogP) is 1.46. The summed E-state index contributed by atoms with van der Waals surface area (Å²) in [6.07, 6.45) is 7.97. The highest BCUT2D eigenvalue weighted by atomic mass is 16.4. The molecule has 3 atom stereocenters. The van der Waals surface area contributed by atoms with Crippen LogP contribution in [0.15, 0.2) is 0 Å². The molecule has 0 aromatic heterocycles. The van der Waals surface area contributed by atoms with Crippen LogP contribution in [-0.2, 0) is 4.79 Å². The number of hydrogen-bond donors (Lipinski definition) is 2. The molecule has 0 spiro atoms. The molecule has 0 amide bonds. The van der Waals surface area contributed by atoms with Gasteiger partial charge in [0.25, 0.3) is 0 Å². The SMILES string of the molecule is O=C(O)C1(NC2CCCCC2)CCN2CCC1C2. The molecule has 3 unspecified atom stereocenters. The van der Waals surface area contributed by atoms with Crippen molar-refractivity contribution in [3.8, 4) is 0 Å². The number of rotatable bonds is 3. The van der Waals surface area contributed by atoms with Crippen LogP contribution >= 0.6 is 0 Å². The predicted molar refractivity (Wildman–Crippen MR) is 69.5 cm³/mol. The fourth-order valence-electron chi connectivity index (χ4n) is 4.12. The zero-order valence-electron chi connectivity index (χ0n) is 11.0. The van der Waals surface area contributed by atoms with E-state index in [1.807, 2.05) is 0 Å². The normalized spacial score (nSPS) is 40.9. The fourth-order valence-corrected chi connectivity index (χ4v) is 4.12. The van der Waals surface area contributed by atoms with Crippen LogP contribution in [0.2, 0.25) is 0 Å². The third-order valence-electron chi connectivity index (χ3n) is 5.24. The van der Waals surface area contributed by atoms with Gasteiger partial charge in [-0.05, 0) is 32.2 Å². The Morgan fingerprint density at radius 3 is 2.67 bits per heavy atom. The van der Waals surface area contributed by atoms with E-state index in [2.05, 4.69) is 10.2 Å². The van der Waals surface area contributed by atoms with E-state index >= 15 is 0 Å². The molecule has 18 heavy (non-hydrogen) atoms. The highest BCUT2D eigenvalue weighted by Crippen LogP contribution is 2.37. The summed E-state index contributed by atoms with van der Waals surface area (Å²) in [5, 5.41) is 13.3. The van der Waals surface area contributed by atoms with Crippen molar-refractivity contribution in [3.63, 3.8) is 0 Å². The van der Waals surface area contributed by atoms with Gasteiger partial charge in [-0.25, -0.2) is 0 Å². The first-order chi connectivity index (χ1) is 8.71. The number of carboxylic acids is 1. The Labute approximate surface area is 109 Å². The molecule has 2 heterocycles. The molecule has 0 aromatic rings. The minimum atomic E-state index is -0.630. The molecule has 2 bridgehead atoms. The number of nitrogens with zero attached hydrogens (tertiary/aromatic N) is 1. The summed E-state index contributed by atoms with van der Waals surface area (Å²) in [7, 11) is 0. The number of fused-ring (bicyclic) bond motifs is 2. The van der Waals surface area contributed by atoms with Crippen molar-refractivity contribution >= 4 is 5.97 Å². The van der Waals surface area contributed by atoms with E-state index < -0.39 is 11.5 Å². The zero-order valence-corrected chi connectivity index (χ0v) is 11.0.